The molecular formula is C14H27N3O. The second-order valence-electron chi connectivity index (χ2n) is 5.77. The maximum atomic E-state index is 11.4. The molecule has 1 saturated heterocycles. The molecule has 1 aliphatic heterocycles. The number of carbonyl (C=O) groups is 1. The van der Waals surface area contributed by atoms with Gasteiger partial charge in [0.1, 0.15) is 0 Å². The lowest BCUT2D eigenvalue weighted by Gasteiger charge is -2.32. The Bertz CT molecular complexity index is 258. The van der Waals surface area contributed by atoms with Gasteiger partial charge in [-0.1, -0.05) is 6.42 Å². The lowest BCUT2D eigenvalue weighted by molar-refractivity contribution is -0.122. The summed E-state index contributed by atoms with van der Waals surface area (Å²) >= 11 is 0. The number of unbranched alkanes of at least 4 members (excludes halogenated alkanes) is 2. The van der Waals surface area contributed by atoms with Crippen molar-refractivity contribution in [2.75, 3.05) is 46.3 Å². The molecule has 4 heteroatoms. The summed E-state index contributed by atoms with van der Waals surface area (Å²) < 4.78 is 0. The summed E-state index contributed by atoms with van der Waals surface area (Å²) in [6.07, 6.45) is 5.84. The number of piperazine rings is 1. The molecule has 1 N–H and O–H groups in total. The Kier molecular flexibility index (Phi) is 5.45. The largest absolute Gasteiger partial charge is 0.356 e. The van der Waals surface area contributed by atoms with Crippen molar-refractivity contribution < 1.29 is 4.79 Å². The Morgan fingerprint density at radius 3 is 2.50 bits per heavy atom. The zero-order valence-electron chi connectivity index (χ0n) is 11.7. The highest BCUT2D eigenvalue weighted by molar-refractivity contribution is 5.80. The minimum absolute atomic E-state index is 0.286. The van der Waals surface area contributed by atoms with E-state index in [9.17, 15) is 4.79 Å². The lowest BCUT2D eigenvalue weighted by atomic mass is 10.2. The Morgan fingerprint density at radius 1 is 1.11 bits per heavy atom. The van der Waals surface area contributed by atoms with Gasteiger partial charge in [0.2, 0.25) is 5.91 Å². The molecule has 1 saturated carbocycles. The van der Waals surface area contributed by atoms with Gasteiger partial charge in [-0.3, -0.25) is 4.79 Å². The van der Waals surface area contributed by atoms with Crippen molar-refractivity contribution in [3.05, 3.63) is 0 Å². The summed E-state index contributed by atoms with van der Waals surface area (Å²) in [6, 6.07) is 0. The standard InChI is InChI=1S/C14H27N3O/c1-16-9-11-17(12-10-16)8-4-2-3-7-15-14(18)13-5-6-13/h13H,2-12H2,1H3,(H,15,18). The van der Waals surface area contributed by atoms with Crippen molar-refractivity contribution in [3.8, 4) is 0 Å². The highest BCUT2D eigenvalue weighted by atomic mass is 16.2. The molecule has 0 aromatic carbocycles. The predicted molar refractivity (Wildman–Crippen MR) is 73.5 cm³/mol. The first-order chi connectivity index (χ1) is 8.75. The molecule has 2 fully saturated rings. The highest BCUT2D eigenvalue weighted by Crippen LogP contribution is 2.28. The van der Waals surface area contributed by atoms with E-state index in [0.717, 1.165) is 25.8 Å². The number of nitrogens with one attached hydrogen (secondary N) is 1. The highest BCUT2D eigenvalue weighted by Gasteiger charge is 2.28. The van der Waals surface area contributed by atoms with Crippen LogP contribution in [-0.4, -0.2) is 62.0 Å². The van der Waals surface area contributed by atoms with Crippen LogP contribution in [0, 0.1) is 5.92 Å². The summed E-state index contributed by atoms with van der Waals surface area (Å²) in [7, 11) is 2.19. The van der Waals surface area contributed by atoms with E-state index in [2.05, 4.69) is 22.2 Å². The van der Waals surface area contributed by atoms with Gasteiger partial charge in [-0.25, -0.2) is 0 Å². The minimum Gasteiger partial charge on any atom is -0.356 e. The average Bonchev–Trinajstić information content (AvgIpc) is 3.19. The van der Waals surface area contributed by atoms with Gasteiger partial charge < -0.3 is 15.1 Å². The average molecular weight is 253 g/mol. The zero-order chi connectivity index (χ0) is 12.8. The van der Waals surface area contributed by atoms with E-state index in [1.165, 1.54) is 45.6 Å². The van der Waals surface area contributed by atoms with Gasteiger partial charge in [-0.05, 0) is 39.3 Å². The second-order valence-corrected chi connectivity index (χ2v) is 5.77. The van der Waals surface area contributed by atoms with Gasteiger partial charge >= 0.3 is 0 Å². The molecule has 1 amide bonds. The van der Waals surface area contributed by atoms with Crippen LogP contribution in [0.15, 0.2) is 0 Å². The molecule has 2 rings (SSSR count). The Labute approximate surface area is 111 Å². The fraction of sp³-hybridized carbons (Fsp3) is 0.929. The Morgan fingerprint density at radius 2 is 1.83 bits per heavy atom. The van der Waals surface area contributed by atoms with Gasteiger partial charge in [0.25, 0.3) is 0 Å². The van der Waals surface area contributed by atoms with E-state index in [4.69, 9.17) is 0 Å². The molecule has 0 bridgehead atoms. The van der Waals surface area contributed by atoms with Crippen molar-refractivity contribution >= 4 is 5.91 Å². The van der Waals surface area contributed by atoms with Crippen LogP contribution >= 0.6 is 0 Å². The van der Waals surface area contributed by atoms with Crippen LogP contribution < -0.4 is 5.32 Å². The molecule has 0 spiro atoms. The zero-order valence-corrected chi connectivity index (χ0v) is 11.7. The van der Waals surface area contributed by atoms with E-state index in [0.29, 0.717) is 5.92 Å². The first-order valence-electron chi connectivity index (χ1n) is 7.44. The summed E-state index contributed by atoms with van der Waals surface area (Å²) in [6.45, 7) is 6.95. The van der Waals surface area contributed by atoms with Crippen molar-refractivity contribution in [3.63, 3.8) is 0 Å². The van der Waals surface area contributed by atoms with Crippen molar-refractivity contribution in [2.45, 2.75) is 32.1 Å². The molecule has 104 valence electrons. The third kappa shape index (κ3) is 4.94. The van der Waals surface area contributed by atoms with Crippen molar-refractivity contribution in [1.29, 1.82) is 0 Å². The normalized spacial score (nSPS) is 22.1. The molecule has 1 heterocycles. The molecular weight excluding hydrogens is 226 g/mol. The van der Waals surface area contributed by atoms with Crippen LogP contribution in [0.1, 0.15) is 32.1 Å². The van der Waals surface area contributed by atoms with Gasteiger partial charge in [0.05, 0.1) is 0 Å². The second kappa shape index (κ2) is 7.10. The number of hydrogen-bond donors (Lipinski definition) is 1. The number of nitrogens with zero attached hydrogens (tertiary/aromatic N) is 2. The molecule has 0 radical (unpaired) electrons. The van der Waals surface area contributed by atoms with Gasteiger partial charge in [0, 0.05) is 38.6 Å². The number of likely N-dealkylation sites (N-methyl/N-ethyl adjacent to an activating group) is 1. The third-order valence-corrected chi connectivity index (χ3v) is 3.99. The SMILES string of the molecule is CN1CCN(CCCCCNC(=O)C2CC2)CC1. The van der Waals surface area contributed by atoms with E-state index in [1.807, 2.05) is 0 Å². The van der Waals surface area contributed by atoms with E-state index < -0.39 is 0 Å². The summed E-state index contributed by atoms with van der Waals surface area (Å²) in [4.78, 5) is 16.3. The van der Waals surface area contributed by atoms with Gasteiger partial charge in [-0.2, -0.15) is 0 Å². The minimum atomic E-state index is 0.286. The Hall–Kier alpha value is -0.610. The van der Waals surface area contributed by atoms with Crippen molar-refractivity contribution in [1.82, 2.24) is 15.1 Å². The first kappa shape index (κ1) is 13.8. The van der Waals surface area contributed by atoms with Crippen LogP contribution in [0.4, 0.5) is 0 Å². The fourth-order valence-corrected chi connectivity index (χ4v) is 2.41. The number of amides is 1. The van der Waals surface area contributed by atoms with Crippen LogP contribution in [0.3, 0.4) is 0 Å². The molecule has 4 nitrogen and oxygen atoms in total. The summed E-state index contributed by atoms with van der Waals surface area (Å²) in [5.41, 5.74) is 0. The van der Waals surface area contributed by atoms with Gasteiger partial charge in [-0.15, -0.1) is 0 Å². The number of carbonyl (C=O) groups excluding carboxylic acids is 1. The lowest BCUT2D eigenvalue weighted by Crippen LogP contribution is -2.44. The summed E-state index contributed by atoms with van der Waals surface area (Å²) in [5, 5.41) is 3.03. The van der Waals surface area contributed by atoms with E-state index in [1.54, 1.807) is 0 Å². The molecule has 1 aliphatic carbocycles. The molecule has 18 heavy (non-hydrogen) atoms. The van der Waals surface area contributed by atoms with E-state index >= 15 is 0 Å². The van der Waals surface area contributed by atoms with Crippen LogP contribution in [0.2, 0.25) is 0 Å². The first-order valence-corrected chi connectivity index (χ1v) is 7.44. The fourth-order valence-electron chi connectivity index (χ4n) is 2.41. The predicted octanol–water partition coefficient (Wildman–Crippen LogP) is 0.930. The van der Waals surface area contributed by atoms with E-state index in [-0.39, 0.29) is 5.91 Å². The van der Waals surface area contributed by atoms with Crippen LogP contribution in [0.5, 0.6) is 0 Å². The molecule has 0 atom stereocenters. The van der Waals surface area contributed by atoms with Gasteiger partial charge in [0.15, 0.2) is 0 Å². The molecule has 2 aliphatic rings. The molecule has 0 unspecified atom stereocenters. The number of rotatable bonds is 7. The topological polar surface area (TPSA) is 35.6 Å². The molecule has 0 aromatic rings. The number of hydrogen-bond acceptors (Lipinski definition) is 3. The monoisotopic (exact) mass is 253 g/mol. The molecule has 0 aromatic heterocycles. The quantitative estimate of drug-likeness (QED) is 0.686. The maximum Gasteiger partial charge on any atom is 0.223 e. The summed E-state index contributed by atoms with van der Waals surface area (Å²) in [5.74, 6) is 0.643. The smallest absolute Gasteiger partial charge is 0.223 e. The van der Waals surface area contributed by atoms with Crippen molar-refractivity contribution in [2.24, 2.45) is 5.92 Å². The third-order valence-electron chi connectivity index (χ3n) is 3.99. The van der Waals surface area contributed by atoms with Crippen LogP contribution in [-0.2, 0) is 4.79 Å². The maximum absolute atomic E-state index is 11.4. The van der Waals surface area contributed by atoms with Crippen LogP contribution in [0.25, 0.3) is 0 Å². The Balaban J connectivity index is 1.40.